The van der Waals surface area contributed by atoms with Crippen LogP contribution in [0.4, 0.5) is 0 Å². The van der Waals surface area contributed by atoms with Crippen LogP contribution in [0.5, 0.6) is 0 Å². The zero-order chi connectivity index (χ0) is 25.9. The lowest BCUT2D eigenvalue weighted by molar-refractivity contribution is -0.244. The summed E-state index contributed by atoms with van der Waals surface area (Å²) in [5.74, 6) is -2.21. The van der Waals surface area contributed by atoms with Gasteiger partial charge in [-0.2, -0.15) is 0 Å². The molecule has 36 heavy (non-hydrogen) atoms. The summed E-state index contributed by atoms with van der Waals surface area (Å²) in [6.45, 7) is 5.91. The quantitative estimate of drug-likeness (QED) is 0.335. The first-order valence-electron chi connectivity index (χ1n) is 12.4. The van der Waals surface area contributed by atoms with Crippen molar-refractivity contribution in [3.8, 4) is 0 Å². The number of esters is 3. The van der Waals surface area contributed by atoms with Crippen molar-refractivity contribution in [3.63, 3.8) is 0 Å². The van der Waals surface area contributed by atoms with Gasteiger partial charge in [-0.15, -0.1) is 0 Å². The van der Waals surface area contributed by atoms with Gasteiger partial charge in [-0.3, -0.25) is 19.2 Å². The fraction of sp³-hybridized carbons (Fsp3) is 0.692. The third-order valence-corrected chi connectivity index (χ3v) is 8.86. The van der Waals surface area contributed by atoms with Crippen LogP contribution in [0, 0.1) is 22.7 Å². The Bertz CT molecular complexity index is 1060. The summed E-state index contributed by atoms with van der Waals surface area (Å²) in [6, 6.07) is 1.81. The van der Waals surface area contributed by atoms with E-state index in [1.165, 1.54) is 20.8 Å². The maximum Gasteiger partial charge on any atom is 0.304 e. The molecule has 0 unspecified atom stereocenters. The lowest BCUT2D eigenvalue weighted by Crippen LogP contribution is -2.70. The largest absolute Gasteiger partial charge is 0.472 e. The number of carbonyl (C=O) groups is 4. The van der Waals surface area contributed by atoms with Crippen molar-refractivity contribution in [2.75, 3.05) is 13.2 Å². The molecule has 10 heteroatoms. The molecule has 5 rings (SSSR count). The molecule has 0 N–H and O–H groups in total. The Hall–Kier alpha value is -2.72. The van der Waals surface area contributed by atoms with E-state index in [4.69, 9.17) is 28.1 Å². The van der Waals surface area contributed by atoms with Gasteiger partial charge in [-0.05, 0) is 37.2 Å². The third-order valence-electron chi connectivity index (χ3n) is 8.86. The Morgan fingerprint density at radius 2 is 1.81 bits per heavy atom. The van der Waals surface area contributed by atoms with Crippen LogP contribution in [-0.4, -0.2) is 54.9 Å². The number of ether oxygens (including phenoxy) is 5. The van der Waals surface area contributed by atoms with Crippen LogP contribution in [0.25, 0.3) is 0 Å². The highest BCUT2D eigenvalue weighted by molar-refractivity contribution is 5.89. The minimum Gasteiger partial charge on any atom is -0.472 e. The van der Waals surface area contributed by atoms with Crippen molar-refractivity contribution in [3.05, 3.63) is 24.2 Å². The molecule has 10 nitrogen and oxygen atoms in total. The molecule has 0 aromatic carbocycles. The molecule has 0 radical (unpaired) electrons. The van der Waals surface area contributed by atoms with E-state index in [0.29, 0.717) is 19.3 Å². The summed E-state index contributed by atoms with van der Waals surface area (Å²) in [5.41, 5.74) is -2.36. The van der Waals surface area contributed by atoms with Gasteiger partial charge in [0, 0.05) is 38.2 Å². The summed E-state index contributed by atoms with van der Waals surface area (Å²) in [6.07, 6.45) is 2.70. The lowest BCUT2D eigenvalue weighted by atomic mass is 9.42. The molecule has 3 heterocycles. The van der Waals surface area contributed by atoms with Gasteiger partial charge in [-0.25, -0.2) is 0 Å². The van der Waals surface area contributed by atoms with E-state index in [9.17, 15) is 19.2 Å². The zero-order valence-corrected chi connectivity index (χ0v) is 20.9. The van der Waals surface area contributed by atoms with E-state index in [1.54, 1.807) is 12.5 Å². The van der Waals surface area contributed by atoms with E-state index in [0.717, 1.165) is 5.56 Å². The number of Topliss-reactive ketones (excluding diaryl/α,β-unsaturated/α-hetero) is 1. The van der Waals surface area contributed by atoms with Gasteiger partial charge < -0.3 is 28.1 Å². The normalized spacial score (nSPS) is 41.1. The van der Waals surface area contributed by atoms with Crippen LogP contribution < -0.4 is 0 Å². The van der Waals surface area contributed by atoms with Gasteiger partial charge in [0.25, 0.3) is 0 Å². The first-order chi connectivity index (χ1) is 17.1. The minimum atomic E-state index is -1.28. The third kappa shape index (κ3) is 3.52. The van der Waals surface area contributed by atoms with Gasteiger partial charge >= 0.3 is 17.9 Å². The van der Waals surface area contributed by atoms with Crippen molar-refractivity contribution < 1.29 is 47.3 Å². The molecule has 4 aliphatic rings. The van der Waals surface area contributed by atoms with Crippen molar-refractivity contribution in [1.82, 2.24) is 0 Å². The molecule has 2 aliphatic heterocycles. The highest BCUT2D eigenvalue weighted by Crippen LogP contribution is 2.71. The molecule has 4 fully saturated rings. The number of hydrogen-bond acceptors (Lipinski definition) is 10. The standard InChI is InChI=1S/C26H32O10/c1-14-9-21(30)25(12-32-15(2)27)20(5-6-22(34-16(3)28)26(25)13-33-26)24(14)10-19(18-7-8-31-11-18)36-23(24)35-17(4)29/h7-8,11,14,19-20,22-23H,5-6,9-10,12-13H2,1-4H3/t14-,19+,20-,22+,23+,24+,25+,26-/m1/s1. The van der Waals surface area contributed by atoms with E-state index < -0.39 is 58.8 Å². The molecular weight excluding hydrogens is 472 g/mol. The van der Waals surface area contributed by atoms with Crippen molar-refractivity contribution in [1.29, 1.82) is 0 Å². The fourth-order valence-corrected chi connectivity index (χ4v) is 7.35. The molecule has 2 saturated carbocycles. The summed E-state index contributed by atoms with van der Waals surface area (Å²) in [5, 5.41) is 0. The average Bonchev–Trinajstić information content (AvgIpc) is 3.23. The van der Waals surface area contributed by atoms with Crippen molar-refractivity contribution in [2.24, 2.45) is 22.7 Å². The summed E-state index contributed by atoms with van der Waals surface area (Å²) >= 11 is 0. The maximum absolute atomic E-state index is 14.1. The number of furan rings is 1. The number of rotatable bonds is 5. The Morgan fingerprint density at radius 3 is 2.39 bits per heavy atom. The predicted octanol–water partition coefficient (Wildman–Crippen LogP) is 2.89. The Balaban J connectivity index is 1.65. The first-order valence-corrected chi connectivity index (χ1v) is 12.4. The maximum atomic E-state index is 14.1. The van der Waals surface area contributed by atoms with Crippen LogP contribution in [0.2, 0.25) is 0 Å². The summed E-state index contributed by atoms with van der Waals surface area (Å²) < 4.78 is 34.7. The van der Waals surface area contributed by atoms with Crippen molar-refractivity contribution in [2.45, 2.75) is 77.5 Å². The lowest BCUT2D eigenvalue weighted by Gasteiger charge is -2.60. The number of ketones is 1. The van der Waals surface area contributed by atoms with Gasteiger partial charge in [0.2, 0.25) is 6.29 Å². The molecule has 2 aliphatic carbocycles. The molecule has 1 aromatic heterocycles. The highest BCUT2D eigenvalue weighted by Gasteiger charge is 2.81. The summed E-state index contributed by atoms with van der Waals surface area (Å²) in [4.78, 5) is 50.2. The molecule has 0 amide bonds. The molecular formula is C26H32O10. The first kappa shape index (κ1) is 25.0. The average molecular weight is 505 g/mol. The predicted molar refractivity (Wildman–Crippen MR) is 120 cm³/mol. The highest BCUT2D eigenvalue weighted by atomic mass is 16.7. The van der Waals surface area contributed by atoms with Gasteiger partial charge in [0.05, 0.1) is 25.2 Å². The smallest absolute Gasteiger partial charge is 0.304 e. The van der Waals surface area contributed by atoms with Crippen LogP contribution in [0.15, 0.2) is 23.0 Å². The fourth-order valence-electron chi connectivity index (χ4n) is 7.35. The zero-order valence-electron chi connectivity index (χ0n) is 20.9. The van der Waals surface area contributed by atoms with Gasteiger partial charge in [0.1, 0.15) is 29.5 Å². The minimum absolute atomic E-state index is 0.102. The molecule has 196 valence electrons. The Kier molecular flexibility index (Phi) is 6.02. The van der Waals surface area contributed by atoms with E-state index in [2.05, 4.69) is 0 Å². The molecule has 2 spiro atoms. The molecule has 1 aromatic rings. The Morgan fingerprint density at radius 1 is 1.08 bits per heavy atom. The molecule has 2 saturated heterocycles. The second-order valence-electron chi connectivity index (χ2n) is 10.6. The SMILES string of the molecule is CC(=O)OC[C@@]12C(=O)C[C@@H](C)[C@@]3(C[C@@H](c4ccoc4)O[C@@H]3OC(C)=O)[C@H]1CC[C@H](OC(C)=O)[C@]21CO1. The van der Waals surface area contributed by atoms with Crippen LogP contribution in [0.3, 0.4) is 0 Å². The van der Waals surface area contributed by atoms with Crippen LogP contribution >= 0.6 is 0 Å². The van der Waals surface area contributed by atoms with E-state index in [-0.39, 0.29) is 31.3 Å². The van der Waals surface area contributed by atoms with Crippen molar-refractivity contribution >= 4 is 23.7 Å². The molecule has 8 atom stereocenters. The number of hydrogen-bond donors (Lipinski definition) is 0. The van der Waals surface area contributed by atoms with E-state index >= 15 is 0 Å². The second-order valence-corrected chi connectivity index (χ2v) is 10.6. The molecule has 0 bridgehead atoms. The van der Waals surface area contributed by atoms with Gasteiger partial charge in [-0.1, -0.05) is 6.92 Å². The Labute approximate surface area is 208 Å². The second kappa shape index (κ2) is 8.69. The van der Waals surface area contributed by atoms with Crippen LogP contribution in [-0.2, 0) is 42.9 Å². The van der Waals surface area contributed by atoms with Crippen LogP contribution in [0.1, 0.15) is 65.0 Å². The number of carbonyl (C=O) groups excluding carboxylic acids is 4. The topological polar surface area (TPSA) is 131 Å². The van der Waals surface area contributed by atoms with E-state index in [1.807, 2.05) is 13.0 Å². The number of fused-ring (bicyclic) bond motifs is 3. The summed E-state index contributed by atoms with van der Waals surface area (Å²) in [7, 11) is 0. The van der Waals surface area contributed by atoms with Gasteiger partial charge in [0.15, 0.2) is 0 Å². The monoisotopic (exact) mass is 504 g/mol. The number of epoxide rings is 1.